The Balaban J connectivity index is 1.42. The number of amides is 1. The molecule has 1 saturated heterocycles. The van der Waals surface area contributed by atoms with E-state index >= 15 is 4.39 Å². The lowest BCUT2D eigenvalue weighted by atomic mass is 10.2. The van der Waals surface area contributed by atoms with Gasteiger partial charge in [0.25, 0.3) is 0 Å². The molecule has 1 aliphatic heterocycles. The zero-order chi connectivity index (χ0) is 31.0. The average molecular weight is 628 g/mol. The summed E-state index contributed by atoms with van der Waals surface area (Å²) in [5.74, 6) is -2.23. The molecule has 42 heavy (non-hydrogen) atoms. The molecular weight excluding hydrogens is 601 g/mol. The number of aryl methyl sites for hydroxylation is 1. The number of piperazine rings is 1. The number of nitrogens with zero attached hydrogens (tertiary/aromatic N) is 4. The van der Waals surface area contributed by atoms with Crippen molar-refractivity contribution in [2.24, 2.45) is 0 Å². The Hall–Kier alpha value is -3.65. The Kier molecular flexibility index (Phi) is 8.88. The van der Waals surface area contributed by atoms with Gasteiger partial charge < -0.3 is 43.8 Å². The summed E-state index contributed by atoms with van der Waals surface area (Å²) >= 11 is 0. The summed E-state index contributed by atoms with van der Waals surface area (Å²) in [5, 5.41) is 6.94. The quantitative estimate of drug-likeness (QED) is 0.225. The highest BCUT2D eigenvalue weighted by Crippen LogP contribution is 2.60. The molecule has 18 heteroatoms. The first kappa shape index (κ1) is 31.3. The Bertz CT molecular complexity index is 1660. The minimum atomic E-state index is -5.09. The lowest BCUT2D eigenvalue weighted by Crippen LogP contribution is -2.50. The van der Waals surface area contributed by atoms with Crippen molar-refractivity contribution >= 4 is 44.1 Å². The van der Waals surface area contributed by atoms with Gasteiger partial charge in [-0.2, -0.15) is 0 Å². The number of carboxylic acids is 1. The number of pyridine rings is 2. The highest BCUT2D eigenvalue weighted by atomic mass is 31.2. The van der Waals surface area contributed by atoms with E-state index in [4.69, 9.17) is 4.74 Å². The molecule has 2 aromatic heterocycles. The van der Waals surface area contributed by atoms with Crippen LogP contribution in [-0.4, -0.2) is 82.8 Å². The summed E-state index contributed by atoms with van der Waals surface area (Å²) in [6, 6.07) is 6.24. The molecule has 1 fully saturated rings. The third-order valence-electron chi connectivity index (χ3n) is 6.72. The molecule has 0 bridgehead atoms. The van der Waals surface area contributed by atoms with E-state index in [2.05, 4.69) is 4.98 Å². The second-order valence-corrected chi connectivity index (χ2v) is 13.5. The van der Waals surface area contributed by atoms with Crippen LogP contribution in [0.2, 0.25) is 0 Å². The van der Waals surface area contributed by atoms with E-state index in [0.717, 1.165) is 12.3 Å². The zero-order valence-electron chi connectivity index (χ0n) is 22.0. The van der Waals surface area contributed by atoms with E-state index in [1.165, 1.54) is 33.7 Å². The Morgan fingerprint density at radius 1 is 1.05 bits per heavy atom. The largest absolute Gasteiger partial charge is 0.477 e. The standard InChI is InChI=1S/C24H27FN4O11P2/c1-2-27-13-17(23(31)32)20(30)16-12-18(25)22(26-21(16)27)28-7-9-29(10-8-28)24(33)40-15-5-3-14(4-6-15)11-19(41(34,35)36)42(37,38)39/h3-6,12-13,19H,2,7-11H2,1H3,(H,31,32)(H2,34,35,36)(H2,37,38,39). The zero-order valence-corrected chi connectivity index (χ0v) is 23.8. The lowest BCUT2D eigenvalue weighted by Gasteiger charge is -2.35. The third kappa shape index (κ3) is 6.70. The fourth-order valence-corrected chi connectivity index (χ4v) is 6.96. The molecule has 1 amide bonds. The van der Waals surface area contributed by atoms with Gasteiger partial charge in [-0.15, -0.1) is 0 Å². The summed E-state index contributed by atoms with van der Waals surface area (Å²) in [6.45, 7) is 2.59. The lowest BCUT2D eigenvalue weighted by molar-refractivity contribution is 0.0694. The molecule has 4 rings (SSSR count). The van der Waals surface area contributed by atoms with Crippen LogP contribution in [0, 0.1) is 5.82 Å². The molecule has 3 aromatic rings. The maximum atomic E-state index is 15.0. The van der Waals surface area contributed by atoms with Crippen molar-refractivity contribution in [2.45, 2.75) is 25.3 Å². The molecular formula is C24H27FN4O11P2. The van der Waals surface area contributed by atoms with Crippen LogP contribution in [0.5, 0.6) is 5.75 Å². The van der Waals surface area contributed by atoms with E-state index < -0.39 is 55.9 Å². The number of hydrogen-bond acceptors (Lipinski definition) is 8. The van der Waals surface area contributed by atoms with Crippen LogP contribution >= 0.6 is 15.2 Å². The monoisotopic (exact) mass is 628 g/mol. The van der Waals surface area contributed by atoms with Crippen molar-refractivity contribution in [3.8, 4) is 5.75 Å². The summed E-state index contributed by atoms with van der Waals surface area (Å²) < 4.78 is 44.8. The minimum Gasteiger partial charge on any atom is -0.477 e. The first-order chi connectivity index (χ1) is 19.6. The fraction of sp³-hybridized carbons (Fsp3) is 0.333. The number of anilines is 1. The Labute approximate surface area is 237 Å². The SMILES string of the molecule is CCn1cc(C(=O)O)c(=O)c2cc(F)c(N3CCN(C(=O)Oc4ccc(CC(P(=O)(O)O)P(=O)(O)O)cc4)CC3)nc21. The molecule has 0 spiro atoms. The Morgan fingerprint density at radius 3 is 2.17 bits per heavy atom. The first-order valence-electron chi connectivity index (χ1n) is 12.5. The molecule has 0 unspecified atom stereocenters. The molecule has 0 atom stereocenters. The number of benzene rings is 1. The number of hydrogen-bond donors (Lipinski definition) is 5. The van der Waals surface area contributed by atoms with Gasteiger partial charge in [0.2, 0.25) is 5.43 Å². The van der Waals surface area contributed by atoms with Crippen LogP contribution in [-0.2, 0) is 22.1 Å². The summed E-state index contributed by atoms with van der Waals surface area (Å²) in [5.41, 5.74) is -1.00. The van der Waals surface area contributed by atoms with E-state index in [0.29, 0.717) is 0 Å². The van der Waals surface area contributed by atoms with Crippen molar-refractivity contribution < 1.29 is 52.5 Å². The van der Waals surface area contributed by atoms with E-state index in [1.54, 1.807) is 11.8 Å². The van der Waals surface area contributed by atoms with E-state index in [-0.39, 0.29) is 60.9 Å². The predicted molar refractivity (Wildman–Crippen MR) is 146 cm³/mol. The van der Waals surface area contributed by atoms with Crippen molar-refractivity contribution in [3.63, 3.8) is 0 Å². The van der Waals surface area contributed by atoms with E-state index in [1.807, 2.05) is 0 Å². The third-order valence-corrected chi connectivity index (χ3v) is 10.4. The van der Waals surface area contributed by atoms with Crippen LogP contribution in [0.25, 0.3) is 11.0 Å². The molecule has 0 radical (unpaired) electrons. The molecule has 0 saturated carbocycles. The second-order valence-electron chi connectivity index (χ2n) is 9.48. The summed E-state index contributed by atoms with van der Waals surface area (Å²) in [4.78, 5) is 81.1. The number of carbonyl (C=O) groups excluding carboxylic acids is 1. The Morgan fingerprint density at radius 2 is 1.64 bits per heavy atom. The molecule has 5 N–H and O–H groups in total. The van der Waals surface area contributed by atoms with Crippen molar-refractivity contribution in [2.75, 3.05) is 31.1 Å². The van der Waals surface area contributed by atoms with Crippen LogP contribution in [0.15, 0.2) is 41.3 Å². The van der Waals surface area contributed by atoms with Gasteiger partial charge in [0.1, 0.15) is 17.0 Å². The summed E-state index contributed by atoms with van der Waals surface area (Å²) in [6.07, 6.45) is -0.159. The number of carbonyl (C=O) groups is 2. The van der Waals surface area contributed by atoms with Gasteiger partial charge in [-0.25, -0.2) is 19.0 Å². The molecule has 1 aliphatic rings. The van der Waals surface area contributed by atoms with Gasteiger partial charge in [0, 0.05) is 38.9 Å². The topological polar surface area (TPSA) is 220 Å². The second kappa shape index (κ2) is 11.9. The molecule has 15 nitrogen and oxygen atoms in total. The van der Waals surface area contributed by atoms with Crippen molar-refractivity contribution in [1.29, 1.82) is 0 Å². The van der Waals surface area contributed by atoms with Gasteiger partial charge in [-0.1, -0.05) is 12.1 Å². The highest BCUT2D eigenvalue weighted by molar-refractivity contribution is 7.70. The molecule has 1 aromatic carbocycles. The van der Waals surface area contributed by atoms with Gasteiger partial charge in [0.05, 0.1) is 5.39 Å². The molecule has 3 heterocycles. The maximum absolute atomic E-state index is 15.0. The molecule has 226 valence electrons. The number of halogens is 1. The van der Waals surface area contributed by atoms with Crippen LogP contribution in [0.4, 0.5) is 15.0 Å². The fourth-order valence-electron chi connectivity index (χ4n) is 4.50. The average Bonchev–Trinajstić information content (AvgIpc) is 2.91. The van der Waals surface area contributed by atoms with Crippen molar-refractivity contribution in [3.05, 3.63) is 63.7 Å². The van der Waals surface area contributed by atoms with Gasteiger partial charge in [-0.3, -0.25) is 13.9 Å². The van der Waals surface area contributed by atoms with E-state index in [9.17, 15) is 48.2 Å². The highest BCUT2D eigenvalue weighted by Gasteiger charge is 2.43. The van der Waals surface area contributed by atoms with Gasteiger partial charge in [0.15, 0.2) is 17.0 Å². The minimum absolute atomic E-state index is 0.0558. The smallest absolute Gasteiger partial charge is 0.415 e. The number of ether oxygens (including phenoxy) is 1. The van der Waals surface area contributed by atoms with Crippen molar-refractivity contribution in [1.82, 2.24) is 14.5 Å². The van der Waals surface area contributed by atoms with Gasteiger partial charge in [-0.05, 0) is 37.1 Å². The van der Waals surface area contributed by atoms with Crippen LogP contribution in [0.3, 0.4) is 0 Å². The van der Waals surface area contributed by atoms with Gasteiger partial charge >= 0.3 is 27.3 Å². The normalized spacial score (nSPS) is 14.5. The maximum Gasteiger partial charge on any atom is 0.415 e. The number of fused-ring (bicyclic) bond motifs is 1. The number of aromatic nitrogens is 2. The number of aromatic carboxylic acids is 1. The summed E-state index contributed by atoms with van der Waals surface area (Å²) in [7, 11) is -10.2. The van der Waals surface area contributed by atoms with Crippen LogP contribution < -0.4 is 15.1 Å². The molecule has 0 aliphatic carbocycles. The number of rotatable bonds is 8. The first-order valence-corrected chi connectivity index (χ1v) is 15.8. The van der Waals surface area contributed by atoms with Crippen LogP contribution in [0.1, 0.15) is 22.8 Å². The number of carboxylic acid groups (broad SMARTS) is 1. The predicted octanol–water partition coefficient (Wildman–Crippen LogP) is 1.80.